The maximum atomic E-state index is 2.47. The van der Waals surface area contributed by atoms with Crippen LogP contribution in [0.15, 0.2) is 194 Å². The lowest BCUT2D eigenvalue weighted by Gasteiger charge is -2.46. The van der Waals surface area contributed by atoms with Crippen molar-refractivity contribution in [2.45, 2.75) is 10.8 Å². The first-order valence-corrected chi connectivity index (χ1v) is 16.9. The molecule has 0 saturated carbocycles. The first-order valence-electron chi connectivity index (χ1n) is 16.9. The van der Waals surface area contributed by atoms with Crippen molar-refractivity contribution in [3.8, 4) is 22.3 Å². The normalized spacial score (nSPS) is 14.6. The Morgan fingerprint density at radius 3 is 0.833 bits per heavy atom. The van der Waals surface area contributed by atoms with Gasteiger partial charge in [0.25, 0.3) is 0 Å². The van der Waals surface area contributed by atoms with Crippen LogP contribution in [0.4, 0.5) is 0 Å². The fourth-order valence-electron chi connectivity index (χ4n) is 9.28. The van der Waals surface area contributed by atoms with E-state index in [1.165, 1.54) is 77.5 Å². The van der Waals surface area contributed by atoms with E-state index in [1.807, 2.05) is 0 Å². The van der Waals surface area contributed by atoms with Gasteiger partial charge in [-0.1, -0.05) is 194 Å². The molecule has 8 aromatic rings. The Bertz CT molecular complexity index is 2220. The second-order valence-corrected chi connectivity index (χ2v) is 13.1. The van der Waals surface area contributed by atoms with E-state index in [0.29, 0.717) is 0 Å². The molecule has 0 fully saturated rings. The van der Waals surface area contributed by atoms with Crippen LogP contribution in [0.1, 0.15) is 44.5 Å². The van der Waals surface area contributed by atoms with Gasteiger partial charge in [0.15, 0.2) is 0 Å². The summed E-state index contributed by atoms with van der Waals surface area (Å²) in [7, 11) is 0. The van der Waals surface area contributed by atoms with Crippen LogP contribution in [0.2, 0.25) is 0 Å². The van der Waals surface area contributed by atoms with E-state index in [9.17, 15) is 0 Å². The minimum absolute atomic E-state index is 0.498. The van der Waals surface area contributed by atoms with Crippen molar-refractivity contribution in [1.29, 1.82) is 0 Å². The van der Waals surface area contributed by atoms with Crippen molar-refractivity contribution in [2.24, 2.45) is 0 Å². The summed E-state index contributed by atoms with van der Waals surface area (Å²) in [4.78, 5) is 0. The third-order valence-electron chi connectivity index (χ3n) is 11.0. The largest absolute Gasteiger partial charge is 0.0713 e. The summed E-state index contributed by atoms with van der Waals surface area (Å²) >= 11 is 0. The summed E-state index contributed by atoms with van der Waals surface area (Å²) in [6.07, 6.45) is 0. The topological polar surface area (TPSA) is 0 Å². The summed E-state index contributed by atoms with van der Waals surface area (Å²) in [5.41, 5.74) is 14.7. The fourth-order valence-corrected chi connectivity index (χ4v) is 9.28. The summed E-state index contributed by atoms with van der Waals surface area (Å²) in [6, 6.07) is 72.5. The van der Waals surface area contributed by atoms with Crippen molar-refractivity contribution < 1.29 is 0 Å². The highest BCUT2D eigenvalue weighted by Crippen LogP contribution is 2.61. The monoisotopic (exact) mass is 608 g/mol. The molecule has 0 amide bonds. The van der Waals surface area contributed by atoms with Crippen LogP contribution in [0.5, 0.6) is 0 Å². The van der Waals surface area contributed by atoms with Crippen LogP contribution >= 0.6 is 0 Å². The Hall–Kier alpha value is -5.98. The van der Waals surface area contributed by atoms with Gasteiger partial charge in [0.2, 0.25) is 0 Å². The zero-order valence-corrected chi connectivity index (χ0v) is 26.5. The summed E-state index contributed by atoms with van der Waals surface area (Å²) in [5, 5.41) is 2.70. The highest BCUT2D eigenvalue weighted by atomic mass is 14.5. The summed E-state index contributed by atoms with van der Waals surface area (Å²) in [5.74, 6) is 0. The fraction of sp³-hybridized carbons (Fsp3) is 0.0417. The van der Waals surface area contributed by atoms with Crippen molar-refractivity contribution in [3.05, 3.63) is 239 Å². The van der Waals surface area contributed by atoms with Crippen LogP contribution in [-0.4, -0.2) is 0 Å². The van der Waals surface area contributed by atoms with Crippen molar-refractivity contribution in [2.75, 3.05) is 0 Å². The van der Waals surface area contributed by atoms with Gasteiger partial charge in [-0.05, 0) is 77.5 Å². The van der Waals surface area contributed by atoms with Crippen LogP contribution < -0.4 is 0 Å². The number of fused-ring (bicyclic) bond motifs is 4. The molecule has 0 aromatic heterocycles. The van der Waals surface area contributed by atoms with E-state index in [1.54, 1.807) is 0 Å². The Morgan fingerprint density at radius 1 is 0.208 bits per heavy atom. The lowest BCUT2D eigenvalue weighted by molar-refractivity contribution is 0.735. The predicted molar refractivity (Wildman–Crippen MR) is 199 cm³/mol. The van der Waals surface area contributed by atoms with Gasteiger partial charge in [-0.2, -0.15) is 0 Å². The molecule has 0 heterocycles. The molecule has 0 heteroatoms. The Balaban J connectivity index is 1.46. The van der Waals surface area contributed by atoms with Crippen molar-refractivity contribution in [3.63, 3.8) is 0 Å². The molecule has 0 aliphatic heterocycles. The Kier molecular flexibility index (Phi) is 5.81. The van der Waals surface area contributed by atoms with E-state index in [0.717, 1.165) is 0 Å². The molecule has 2 aliphatic rings. The average Bonchev–Trinajstić information content (AvgIpc) is 3.18. The minimum atomic E-state index is -0.498. The maximum Gasteiger partial charge on any atom is 0.0713 e. The second-order valence-electron chi connectivity index (χ2n) is 13.1. The van der Waals surface area contributed by atoms with E-state index in [2.05, 4.69) is 194 Å². The van der Waals surface area contributed by atoms with Crippen LogP contribution in [0.25, 0.3) is 33.0 Å². The Labute approximate surface area is 281 Å². The lowest BCUT2D eigenvalue weighted by atomic mass is 9.55. The van der Waals surface area contributed by atoms with Crippen molar-refractivity contribution in [1.82, 2.24) is 0 Å². The van der Waals surface area contributed by atoms with Gasteiger partial charge < -0.3 is 0 Å². The van der Waals surface area contributed by atoms with Gasteiger partial charge >= 0.3 is 0 Å². The number of benzene rings is 8. The summed E-state index contributed by atoms with van der Waals surface area (Å²) < 4.78 is 0. The highest BCUT2D eigenvalue weighted by molar-refractivity contribution is 6.14. The standard InChI is InChI=1S/C48H32/c1-5-17-33(18-6-1)47(34-19-7-2-8-20-34)41-27-15-13-25-37(41)39-29-30-40-38-26-14-16-28-42(38)48(35-21-9-3-10-22-35,36-23-11-4-12-24-36)44-32-31-43(47)45(39)46(40)44/h1-32H. The van der Waals surface area contributed by atoms with E-state index in [-0.39, 0.29) is 0 Å². The molecule has 0 saturated heterocycles. The zero-order valence-electron chi connectivity index (χ0n) is 26.5. The van der Waals surface area contributed by atoms with E-state index in [4.69, 9.17) is 0 Å². The van der Waals surface area contributed by atoms with Gasteiger partial charge in [0.1, 0.15) is 0 Å². The lowest BCUT2D eigenvalue weighted by Crippen LogP contribution is -2.36. The molecule has 0 nitrogen and oxygen atoms in total. The molecule has 224 valence electrons. The molecular formula is C48H32. The maximum absolute atomic E-state index is 2.47. The molecule has 10 rings (SSSR count). The Morgan fingerprint density at radius 2 is 0.500 bits per heavy atom. The predicted octanol–water partition coefficient (Wildman–Crippen LogP) is 11.6. The SMILES string of the molecule is c1ccc(C2(c3ccccc3)c3ccccc3-c3ccc4c5c(ccc2c35)C(c2ccccc2)(c2ccccc2)c2ccccc2-4)cc1. The molecule has 0 radical (unpaired) electrons. The van der Waals surface area contributed by atoms with Gasteiger partial charge in [0, 0.05) is 0 Å². The van der Waals surface area contributed by atoms with Gasteiger partial charge in [-0.15, -0.1) is 0 Å². The molecule has 0 bridgehead atoms. The highest BCUT2D eigenvalue weighted by Gasteiger charge is 2.49. The molecular weight excluding hydrogens is 577 g/mol. The van der Waals surface area contributed by atoms with Crippen molar-refractivity contribution >= 4 is 10.8 Å². The van der Waals surface area contributed by atoms with Gasteiger partial charge in [0.05, 0.1) is 10.8 Å². The molecule has 0 spiro atoms. The molecule has 0 atom stereocenters. The molecule has 8 aromatic carbocycles. The van der Waals surface area contributed by atoms with Gasteiger partial charge in [-0.3, -0.25) is 0 Å². The first kappa shape index (κ1) is 27.2. The first-order chi connectivity index (χ1) is 23.8. The zero-order chi connectivity index (χ0) is 31.7. The molecule has 48 heavy (non-hydrogen) atoms. The van der Waals surface area contributed by atoms with E-state index < -0.39 is 10.8 Å². The minimum Gasteiger partial charge on any atom is -0.0622 e. The van der Waals surface area contributed by atoms with Crippen LogP contribution in [-0.2, 0) is 10.8 Å². The molecule has 2 aliphatic carbocycles. The van der Waals surface area contributed by atoms with Crippen LogP contribution in [0.3, 0.4) is 0 Å². The van der Waals surface area contributed by atoms with Crippen LogP contribution in [0, 0.1) is 0 Å². The number of hydrogen-bond acceptors (Lipinski definition) is 0. The van der Waals surface area contributed by atoms with Gasteiger partial charge in [-0.25, -0.2) is 0 Å². The third-order valence-corrected chi connectivity index (χ3v) is 11.0. The second kappa shape index (κ2) is 10.3. The number of hydrogen-bond donors (Lipinski definition) is 0. The third kappa shape index (κ3) is 3.39. The quantitative estimate of drug-likeness (QED) is 0.186. The van der Waals surface area contributed by atoms with E-state index >= 15 is 0 Å². The number of rotatable bonds is 4. The molecule has 0 N–H and O–H groups in total. The smallest absolute Gasteiger partial charge is 0.0622 e. The molecule has 0 unspecified atom stereocenters. The summed E-state index contributed by atoms with van der Waals surface area (Å²) in [6.45, 7) is 0. The average molecular weight is 609 g/mol.